The van der Waals surface area contributed by atoms with E-state index in [1.54, 1.807) is 48.8 Å². The maximum absolute atomic E-state index is 12.8. The van der Waals surface area contributed by atoms with Gasteiger partial charge in [-0.2, -0.15) is 0 Å². The molecule has 28 heavy (non-hydrogen) atoms. The van der Waals surface area contributed by atoms with Crippen LogP contribution < -0.4 is 0 Å². The van der Waals surface area contributed by atoms with E-state index in [9.17, 15) is 14.7 Å². The van der Waals surface area contributed by atoms with Gasteiger partial charge in [0.1, 0.15) is 5.76 Å². The molecule has 0 bridgehead atoms. The van der Waals surface area contributed by atoms with Gasteiger partial charge in [0.05, 0.1) is 11.6 Å². The van der Waals surface area contributed by atoms with Crippen molar-refractivity contribution in [3.63, 3.8) is 0 Å². The number of hydrogen-bond donors (Lipinski definition) is 1. The van der Waals surface area contributed by atoms with Gasteiger partial charge in [0.25, 0.3) is 11.7 Å². The summed E-state index contributed by atoms with van der Waals surface area (Å²) in [6.45, 7) is 1.19. The first-order valence-corrected chi connectivity index (χ1v) is 9.37. The number of amides is 1. The normalized spacial score (nSPS) is 18.9. The molecular weight excluding hydrogens is 378 g/mol. The summed E-state index contributed by atoms with van der Waals surface area (Å²) in [6, 6.07) is 9.37. The van der Waals surface area contributed by atoms with Gasteiger partial charge in [-0.3, -0.25) is 14.6 Å². The largest absolute Gasteiger partial charge is 0.507 e. The van der Waals surface area contributed by atoms with Gasteiger partial charge in [-0.1, -0.05) is 11.6 Å². The Morgan fingerprint density at radius 2 is 1.79 bits per heavy atom. The topological polar surface area (TPSA) is 73.7 Å². The molecule has 2 aromatic rings. The second kappa shape index (κ2) is 8.54. The van der Waals surface area contributed by atoms with E-state index >= 15 is 0 Å². The minimum absolute atomic E-state index is 0.0865. The Balaban J connectivity index is 2.06. The number of nitrogens with zero attached hydrogens (tertiary/aromatic N) is 3. The van der Waals surface area contributed by atoms with Gasteiger partial charge in [0.15, 0.2) is 0 Å². The maximum Gasteiger partial charge on any atom is 0.295 e. The molecule has 1 N–H and O–H groups in total. The summed E-state index contributed by atoms with van der Waals surface area (Å²) in [5.41, 5.74) is 1.26. The molecule has 0 aliphatic carbocycles. The molecular formula is C21H22ClN3O3. The SMILES string of the molecule is CN(C)CCCN1C(=O)C(=O)/C(=C(/O)c2ccc(Cl)cc2)[C@H]1c1ccncc1. The predicted molar refractivity (Wildman–Crippen MR) is 108 cm³/mol. The smallest absolute Gasteiger partial charge is 0.295 e. The Kier molecular flexibility index (Phi) is 6.11. The molecule has 1 fully saturated rings. The van der Waals surface area contributed by atoms with E-state index in [0.717, 1.165) is 12.1 Å². The van der Waals surface area contributed by atoms with Crippen molar-refractivity contribution in [1.29, 1.82) is 0 Å². The number of benzene rings is 1. The molecule has 1 atom stereocenters. The summed E-state index contributed by atoms with van der Waals surface area (Å²) in [7, 11) is 3.91. The average Bonchev–Trinajstić information content (AvgIpc) is 2.93. The zero-order chi connectivity index (χ0) is 20.3. The number of Topliss-reactive ketones (excluding diaryl/α,β-unsaturated/α-hetero) is 1. The highest BCUT2D eigenvalue weighted by atomic mass is 35.5. The lowest BCUT2D eigenvalue weighted by atomic mass is 9.96. The molecule has 7 heteroatoms. The van der Waals surface area contributed by atoms with E-state index in [-0.39, 0.29) is 11.3 Å². The molecule has 146 valence electrons. The number of ketones is 1. The minimum atomic E-state index is -0.681. The fourth-order valence-electron chi connectivity index (χ4n) is 3.32. The van der Waals surface area contributed by atoms with Crippen LogP contribution in [0.5, 0.6) is 0 Å². The van der Waals surface area contributed by atoms with Crippen LogP contribution in [0.1, 0.15) is 23.6 Å². The summed E-state index contributed by atoms with van der Waals surface area (Å²) in [4.78, 5) is 33.1. The lowest BCUT2D eigenvalue weighted by Gasteiger charge is -2.25. The van der Waals surface area contributed by atoms with Gasteiger partial charge in [-0.25, -0.2) is 0 Å². The van der Waals surface area contributed by atoms with Crippen LogP contribution in [0.4, 0.5) is 0 Å². The first-order chi connectivity index (χ1) is 13.4. The third-order valence-corrected chi connectivity index (χ3v) is 4.94. The fourth-order valence-corrected chi connectivity index (χ4v) is 3.45. The minimum Gasteiger partial charge on any atom is -0.507 e. The van der Waals surface area contributed by atoms with Crippen LogP contribution >= 0.6 is 11.6 Å². The monoisotopic (exact) mass is 399 g/mol. The molecule has 0 unspecified atom stereocenters. The quantitative estimate of drug-likeness (QED) is 0.459. The highest BCUT2D eigenvalue weighted by Crippen LogP contribution is 2.39. The predicted octanol–water partition coefficient (Wildman–Crippen LogP) is 3.11. The third-order valence-electron chi connectivity index (χ3n) is 4.68. The molecule has 0 saturated carbocycles. The van der Waals surface area contributed by atoms with Crippen molar-refractivity contribution in [2.24, 2.45) is 0 Å². The zero-order valence-electron chi connectivity index (χ0n) is 15.8. The number of carbonyl (C=O) groups excluding carboxylic acids is 2. The Hall–Kier alpha value is -2.70. The number of likely N-dealkylation sites (tertiary alicyclic amines) is 1. The number of carbonyl (C=O) groups is 2. The molecule has 2 heterocycles. The van der Waals surface area contributed by atoms with Crippen LogP contribution in [0.3, 0.4) is 0 Å². The lowest BCUT2D eigenvalue weighted by Crippen LogP contribution is -2.32. The summed E-state index contributed by atoms with van der Waals surface area (Å²) in [6.07, 6.45) is 3.93. The number of pyridine rings is 1. The summed E-state index contributed by atoms with van der Waals surface area (Å²) >= 11 is 5.92. The van der Waals surface area contributed by atoms with Crippen molar-refractivity contribution in [3.05, 3.63) is 70.5 Å². The average molecular weight is 400 g/mol. The van der Waals surface area contributed by atoms with E-state index in [2.05, 4.69) is 4.98 Å². The van der Waals surface area contributed by atoms with Gasteiger partial charge < -0.3 is 14.9 Å². The standard InChI is InChI=1S/C21H22ClN3O3/c1-24(2)12-3-13-25-18(14-8-10-23-11-9-14)17(20(27)21(25)28)19(26)15-4-6-16(22)7-5-15/h4-11,18,26H,3,12-13H2,1-2H3/b19-17+/t18-/m1/s1. The summed E-state index contributed by atoms with van der Waals surface area (Å²) in [5, 5.41) is 11.4. The van der Waals surface area contributed by atoms with Crippen LogP contribution in [0.2, 0.25) is 5.02 Å². The number of rotatable bonds is 6. The zero-order valence-corrected chi connectivity index (χ0v) is 16.6. The van der Waals surface area contributed by atoms with Crippen LogP contribution in [-0.2, 0) is 9.59 Å². The van der Waals surface area contributed by atoms with E-state index in [4.69, 9.17) is 11.6 Å². The van der Waals surface area contributed by atoms with Gasteiger partial charge in [-0.15, -0.1) is 0 Å². The highest BCUT2D eigenvalue weighted by molar-refractivity contribution is 6.46. The van der Waals surface area contributed by atoms with E-state index in [1.807, 2.05) is 19.0 Å². The maximum atomic E-state index is 12.8. The second-order valence-corrected chi connectivity index (χ2v) is 7.37. The van der Waals surface area contributed by atoms with Gasteiger partial charge in [0.2, 0.25) is 0 Å². The van der Waals surface area contributed by atoms with Crippen molar-refractivity contribution < 1.29 is 14.7 Å². The van der Waals surface area contributed by atoms with Gasteiger partial charge in [0, 0.05) is 29.5 Å². The summed E-state index contributed by atoms with van der Waals surface area (Å²) < 4.78 is 0. The molecule has 1 amide bonds. The summed E-state index contributed by atoms with van der Waals surface area (Å²) in [5.74, 6) is -1.48. The molecule has 0 radical (unpaired) electrons. The Labute approximate surface area is 169 Å². The molecule has 1 saturated heterocycles. The molecule has 1 aromatic carbocycles. The third kappa shape index (κ3) is 4.08. The van der Waals surface area contributed by atoms with E-state index in [0.29, 0.717) is 23.6 Å². The number of aliphatic hydroxyl groups is 1. The fraction of sp³-hybridized carbons (Fsp3) is 0.286. The first-order valence-electron chi connectivity index (χ1n) is 8.99. The van der Waals surface area contributed by atoms with E-state index < -0.39 is 17.7 Å². The number of aliphatic hydroxyl groups excluding tert-OH is 1. The molecule has 0 spiro atoms. The van der Waals surface area contributed by atoms with Crippen LogP contribution in [0.15, 0.2) is 54.4 Å². The molecule has 1 aliphatic rings. The Morgan fingerprint density at radius 1 is 1.14 bits per heavy atom. The Morgan fingerprint density at radius 3 is 2.39 bits per heavy atom. The van der Waals surface area contributed by atoms with Crippen LogP contribution in [0.25, 0.3) is 5.76 Å². The Bertz CT molecular complexity index is 895. The molecule has 1 aromatic heterocycles. The van der Waals surface area contributed by atoms with Gasteiger partial charge in [-0.05, 0) is 69.0 Å². The number of halogens is 1. The van der Waals surface area contributed by atoms with Crippen molar-refractivity contribution in [2.45, 2.75) is 12.5 Å². The van der Waals surface area contributed by atoms with Crippen molar-refractivity contribution in [2.75, 3.05) is 27.2 Å². The molecule has 1 aliphatic heterocycles. The van der Waals surface area contributed by atoms with Crippen molar-refractivity contribution in [1.82, 2.24) is 14.8 Å². The number of hydrogen-bond acceptors (Lipinski definition) is 5. The second-order valence-electron chi connectivity index (χ2n) is 6.94. The van der Waals surface area contributed by atoms with Crippen LogP contribution in [0, 0.1) is 0 Å². The first kappa shape index (κ1) is 20.0. The van der Waals surface area contributed by atoms with Crippen molar-refractivity contribution >= 4 is 29.1 Å². The molecule has 3 rings (SSSR count). The number of aromatic nitrogens is 1. The van der Waals surface area contributed by atoms with Crippen LogP contribution in [-0.4, -0.2) is 58.8 Å². The molecule has 6 nitrogen and oxygen atoms in total. The highest BCUT2D eigenvalue weighted by Gasteiger charge is 2.45. The van der Waals surface area contributed by atoms with E-state index in [1.165, 1.54) is 4.90 Å². The van der Waals surface area contributed by atoms with Crippen molar-refractivity contribution in [3.8, 4) is 0 Å². The van der Waals surface area contributed by atoms with Gasteiger partial charge >= 0.3 is 0 Å². The lowest BCUT2D eigenvalue weighted by molar-refractivity contribution is -0.139.